The van der Waals surface area contributed by atoms with E-state index in [0.29, 0.717) is 6.54 Å². The number of carbonyl (C=O) groups is 1. The topological polar surface area (TPSA) is 35.6 Å². The van der Waals surface area contributed by atoms with Gasteiger partial charge in [-0.2, -0.15) is 0 Å². The molecule has 1 saturated carbocycles. The van der Waals surface area contributed by atoms with Gasteiger partial charge in [0.2, 0.25) is 5.91 Å². The summed E-state index contributed by atoms with van der Waals surface area (Å²) >= 11 is 0. The zero-order valence-electron chi connectivity index (χ0n) is 14.0. The van der Waals surface area contributed by atoms with Crippen LogP contribution in [0, 0.1) is 20.8 Å². The van der Waals surface area contributed by atoms with Gasteiger partial charge in [-0.15, -0.1) is 0 Å². The number of benzene rings is 1. The quantitative estimate of drug-likeness (QED) is 0.927. The van der Waals surface area contributed by atoms with E-state index in [1.165, 1.54) is 18.4 Å². The Bertz CT molecular complexity index is 534. The van der Waals surface area contributed by atoms with Crippen LogP contribution in [-0.2, 0) is 4.79 Å². The van der Waals surface area contributed by atoms with Crippen molar-refractivity contribution in [3.63, 3.8) is 0 Å². The maximum absolute atomic E-state index is 12.3. The Morgan fingerprint density at radius 1 is 1.09 bits per heavy atom. The second-order valence-corrected chi connectivity index (χ2v) is 6.87. The summed E-state index contributed by atoms with van der Waals surface area (Å²) in [5, 5.41) is 3.11. The monoisotopic (exact) mass is 301 g/mol. The SMILES string of the molecule is Cc1cc(C)c(NC(=O)CN2CCN(C3CC3)CC2)c(C)c1. The number of piperazine rings is 1. The summed E-state index contributed by atoms with van der Waals surface area (Å²) in [7, 11) is 0. The molecule has 2 fully saturated rings. The van der Waals surface area contributed by atoms with Crippen molar-refractivity contribution in [3.8, 4) is 0 Å². The number of amides is 1. The number of carbonyl (C=O) groups excluding carboxylic acids is 1. The summed E-state index contributed by atoms with van der Waals surface area (Å²) in [6, 6.07) is 5.09. The minimum absolute atomic E-state index is 0.106. The molecule has 1 saturated heterocycles. The van der Waals surface area contributed by atoms with Crippen molar-refractivity contribution in [1.29, 1.82) is 0 Å². The van der Waals surface area contributed by atoms with Crippen LogP contribution in [0.15, 0.2) is 12.1 Å². The number of nitrogens with zero attached hydrogens (tertiary/aromatic N) is 2. The molecule has 120 valence electrons. The van der Waals surface area contributed by atoms with E-state index in [-0.39, 0.29) is 5.91 Å². The third-order valence-corrected chi connectivity index (χ3v) is 4.78. The lowest BCUT2D eigenvalue weighted by molar-refractivity contribution is -0.117. The number of nitrogens with one attached hydrogen (secondary N) is 1. The van der Waals surface area contributed by atoms with Crippen LogP contribution in [0.1, 0.15) is 29.5 Å². The number of rotatable bonds is 4. The van der Waals surface area contributed by atoms with Crippen LogP contribution in [-0.4, -0.2) is 54.5 Å². The van der Waals surface area contributed by atoms with Crippen molar-refractivity contribution in [1.82, 2.24) is 9.80 Å². The molecule has 0 aromatic heterocycles. The molecule has 4 nitrogen and oxygen atoms in total. The Labute approximate surface area is 133 Å². The summed E-state index contributed by atoms with van der Waals surface area (Å²) in [5.74, 6) is 0.106. The molecule has 3 rings (SSSR count). The predicted octanol–water partition coefficient (Wildman–Crippen LogP) is 2.33. The normalized spacial score (nSPS) is 20.1. The van der Waals surface area contributed by atoms with E-state index in [2.05, 4.69) is 48.0 Å². The highest BCUT2D eigenvalue weighted by Crippen LogP contribution is 2.27. The first-order chi connectivity index (χ1) is 10.5. The van der Waals surface area contributed by atoms with Crippen LogP contribution < -0.4 is 5.32 Å². The lowest BCUT2D eigenvalue weighted by Gasteiger charge is -2.34. The highest BCUT2D eigenvalue weighted by molar-refractivity contribution is 5.93. The molecular weight excluding hydrogens is 274 g/mol. The lowest BCUT2D eigenvalue weighted by Crippen LogP contribution is -2.49. The summed E-state index contributed by atoms with van der Waals surface area (Å²) in [4.78, 5) is 17.2. The van der Waals surface area contributed by atoms with E-state index in [1.807, 2.05) is 0 Å². The minimum Gasteiger partial charge on any atom is -0.324 e. The Morgan fingerprint density at radius 2 is 1.68 bits per heavy atom. The fourth-order valence-electron chi connectivity index (χ4n) is 3.49. The Morgan fingerprint density at radius 3 is 2.23 bits per heavy atom. The second kappa shape index (κ2) is 6.39. The van der Waals surface area contributed by atoms with Crippen LogP contribution in [0.25, 0.3) is 0 Å². The van der Waals surface area contributed by atoms with Crippen molar-refractivity contribution in [2.45, 2.75) is 39.7 Å². The van der Waals surface area contributed by atoms with Gasteiger partial charge in [0.1, 0.15) is 0 Å². The van der Waals surface area contributed by atoms with Crippen molar-refractivity contribution in [2.24, 2.45) is 0 Å². The van der Waals surface area contributed by atoms with Gasteiger partial charge in [0.15, 0.2) is 0 Å². The standard InChI is InChI=1S/C18H27N3O/c1-13-10-14(2)18(15(3)11-13)19-17(22)12-20-6-8-21(9-7-20)16-4-5-16/h10-11,16H,4-9,12H2,1-3H3,(H,19,22). The molecule has 1 amide bonds. The van der Waals surface area contributed by atoms with Crippen molar-refractivity contribution < 1.29 is 4.79 Å². The molecule has 2 aliphatic rings. The van der Waals surface area contributed by atoms with Crippen molar-refractivity contribution >= 4 is 11.6 Å². The number of hydrogen-bond acceptors (Lipinski definition) is 3. The Balaban J connectivity index is 1.52. The highest BCUT2D eigenvalue weighted by Gasteiger charge is 2.31. The van der Waals surface area contributed by atoms with Gasteiger partial charge in [0.25, 0.3) is 0 Å². The van der Waals surface area contributed by atoms with Crippen LogP contribution in [0.2, 0.25) is 0 Å². The summed E-state index contributed by atoms with van der Waals surface area (Å²) in [5.41, 5.74) is 4.50. The van der Waals surface area contributed by atoms with E-state index in [4.69, 9.17) is 0 Å². The van der Waals surface area contributed by atoms with Gasteiger partial charge in [0, 0.05) is 37.9 Å². The first kappa shape index (κ1) is 15.5. The van der Waals surface area contributed by atoms with Crippen molar-refractivity contribution in [3.05, 3.63) is 28.8 Å². The molecule has 0 spiro atoms. The fourth-order valence-corrected chi connectivity index (χ4v) is 3.49. The van der Waals surface area contributed by atoms with Gasteiger partial charge < -0.3 is 5.32 Å². The zero-order chi connectivity index (χ0) is 15.7. The van der Waals surface area contributed by atoms with E-state index in [1.54, 1.807) is 0 Å². The molecular formula is C18H27N3O. The van der Waals surface area contributed by atoms with Crippen LogP contribution in [0.5, 0.6) is 0 Å². The summed E-state index contributed by atoms with van der Waals surface area (Å²) in [6.07, 6.45) is 2.74. The molecule has 1 aliphatic carbocycles. The largest absolute Gasteiger partial charge is 0.324 e. The average molecular weight is 301 g/mol. The minimum atomic E-state index is 0.106. The molecule has 1 heterocycles. The maximum Gasteiger partial charge on any atom is 0.238 e. The van der Waals surface area contributed by atoms with Gasteiger partial charge >= 0.3 is 0 Å². The molecule has 22 heavy (non-hydrogen) atoms. The maximum atomic E-state index is 12.3. The molecule has 0 radical (unpaired) electrons. The summed E-state index contributed by atoms with van der Waals surface area (Å²) < 4.78 is 0. The van der Waals surface area contributed by atoms with Crippen LogP contribution in [0.3, 0.4) is 0 Å². The third-order valence-electron chi connectivity index (χ3n) is 4.78. The number of anilines is 1. The second-order valence-electron chi connectivity index (χ2n) is 6.87. The van der Waals surface area contributed by atoms with Gasteiger partial charge in [-0.25, -0.2) is 0 Å². The summed E-state index contributed by atoms with van der Waals surface area (Å²) in [6.45, 7) is 11.0. The average Bonchev–Trinajstić information content (AvgIpc) is 3.28. The fraction of sp³-hybridized carbons (Fsp3) is 0.611. The number of hydrogen-bond donors (Lipinski definition) is 1. The van der Waals surface area contributed by atoms with Gasteiger partial charge in [-0.1, -0.05) is 17.7 Å². The first-order valence-electron chi connectivity index (χ1n) is 8.37. The smallest absolute Gasteiger partial charge is 0.238 e. The van der Waals surface area contributed by atoms with E-state index in [0.717, 1.165) is 49.0 Å². The lowest BCUT2D eigenvalue weighted by atomic mass is 10.1. The van der Waals surface area contributed by atoms with Crippen LogP contribution in [0.4, 0.5) is 5.69 Å². The van der Waals surface area contributed by atoms with E-state index >= 15 is 0 Å². The first-order valence-corrected chi connectivity index (χ1v) is 8.37. The van der Waals surface area contributed by atoms with E-state index < -0.39 is 0 Å². The Hall–Kier alpha value is -1.39. The molecule has 0 unspecified atom stereocenters. The molecule has 1 aliphatic heterocycles. The molecule has 1 N–H and O–H groups in total. The van der Waals surface area contributed by atoms with E-state index in [9.17, 15) is 4.79 Å². The number of aryl methyl sites for hydroxylation is 3. The Kier molecular flexibility index (Phi) is 4.50. The van der Waals surface area contributed by atoms with Gasteiger partial charge in [-0.05, 0) is 44.7 Å². The van der Waals surface area contributed by atoms with Crippen molar-refractivity contribution in [2.75, 3.05) is 38.0 Å². The molecule has 1 aromatic rings. The van der Waals surface area contributed by atoms with Gasteiger partial charge in [0.05, 0.1) is 6.54 Å². The van der Waals surface area contributed by atoms with Gasteiger partial charge in [-0.3, -0.25) is 14.6 Å². The van der Waals surface area contributed by atoms with Crippen LogP contribution >= 0.6 is 0 Å². The predicted molar refractivity (Wildman–Crippen MR) is 90.3 cm³/mol. The highest BCUT2D eigenvalue weighted by atomic mass is 16.2. The molecule has 4 heteroatoms. The third kappa shape index (κ3) is 3.68. The zero-order valence-corrected chi connectivity index (χ0v) is 14.0. The molecule has 1 aromatic carbocycles. The molecule has 0 bridgehead atoms. The molecule has 0 atom stereocenters.